The van der Waals surface area contributed by atoms with Gasteiger partial charge < -0.3 is 0 Å². The van der Waals surface area contributed by atoms with Crippen LogP contribution in [0, 0.1) is 0 Å². The molecule has 0 aliphatic rings. The van der Waals surface area contributed by atoms with E-state index in [0.717, 1.165) is 12.8 Å². The maximum Gasteiger partial charge on any atom is 0.397 e. The van der Waals surface area contributed by atoms with Crippen molar-refractivity contribution in [1.82, 2.24) is 0 Å². The highest BCUT2D eigenvalue weighted by Crippen LogP contribution is 2.00. The molecule has 5 heteroatoms. The lowest BCUT2D eigenvalue weighted by Gasteiger charge is -1.94. The van der Waals surface area contributed by atoms with Crippen LogP contribution in [-0.2, 0) is 14.6 Å². The molecule has 0 heterocycles. The van der Waals surface area contributed by atoms with Crippen LogP contribution in [0.5, 0.6) is 0 Å². The predicted octanol–water partition coefficient (Wildman–Crippen LogP) is 3.28. The summed E-state index contributed by atoms with van der Waals surface area (Å²) in [5.74, 6) is 0. The lowest BCUT2D eigenvalue weighted by atomic mass is 10.2. The van der Waals surface area contributed by atoms with E-state index in [1.807, 2.05) is 12.2 Å². The van der Waals surface area contributed by atoms with Crippen molar-refractivity contribution in [2.75, 3.05) is 6.61 Å². The van der Waals surface area contributed by atoms with Crippen LogP contribution in [0.4, 0.5) is 0 Å². The normalized spacial score (nSPS) is 12.8. The highest BCUT2D eigenvalue weighted by atomic mass is 32.3. The number of rotatable bonds is 10. The second-order valence-corrected chi connectivity index (χ2v) is 4.80. The van der Waals surface area contributed by atoms with Gasteiger partial charge in [-0.25, -0.2) is 4.18 Å². The molecule has 0 bridgehead atoms. The predicted molar refractivity (Wildman–Crippen MR) is 69.2 cm³/mol. The van der Waals surface area contributed by atoms with Crippen molar-refractivity contribution < 1.29 is 17.2 Å². The van der Waals surface area contributed by atoms with Gasteiger partial charge in [0.15, 0.2) is 0 Å². The molecule has 0 amide bonds. The van der Waals surface area contributed by atoms with Gasteiger partial charge in [-0.3, -0.25) is 4.55 Å². The summed E-state index contributed by atoms with van der Waals surface area (Å²) in [4.78, 5) is 0. The van der Waals surface area contributed by atoms with E-state index in [0.29, 0.717) is 6.42 Å². The third kappa shape index (κ3) is 15.4. The average Bonchev–Trinajstić information content (AvgIpc) is 2.24. The van der Waals surface area contributed by atoms with Crippen molar-refractivity contribution in [2.24, 2.45) is 0 Å². The van der Waals surface area contributed by atoms with Gasteiger partial charge in [0.25, 0.3) is 0 Å². The molecule has 0 aromatic heterocycles. The molecule has 0 fully saturated rings. The van der Waals surface area contributed by atoms with Crippen molar-refractivity contribution >= 4 is 10.4 Å². The van der Waals surface area contributed by atoms with Crippen molar-refractivity contribution in [1.29, 1.82) is 0 Å². The van der Waals surface area contributed by atoms with E-state index in [1.165, 1.54) is 19.3 Å². The Balaban J connectivity index is 3.36. The van der Waals surface area contributed by atoms with Crippen LogP contribution in [0.2, 0.25) is 0 Å². The van der Waals surface area contributed by atoms with E-state index in [9.17, 15) is 8.42 Å². The number of unbranched alkanes of at least 4 members (excludes halogenated alkanes) is 3. The van der Waals surface area contributed by atoms with Crippen molar-refractivity contribution in [3.63, 3.8) is 0 Å². The number of hydrogen-bond donors (Lipinski definition) is 1. The molecule has 0 aliphatic heterocycles. The molecular formula is C12H22O4S. The van der Waals surface area contributed by atoms with Gasteiger partial charge in [0.2, 0.25) is 0 Å². The maximum absolute atomic E-state index is 10.2. The standard InChI is InChI=1S/C12H22O4S/c1-2-3-4-5-6-7-8-9-10-11-12-16-17(13,14)15/h6-7,9-10H,2-5,8,11-12H2,1H3,(H,13,14,15). The van der Waals surface area contributed by atoms with Crippen LogP contribution in [0.3, 0.4) is 0 Å². The molecule has 0 aromatic carbocycles. The van der Waals surface area contributed by atoms with Gasteiger partial charge in [-0.15, -0.1) is 0 Å². The van der Waals surface area contributed by atoms with Crippen LogP contribution in [-0.4, -0.2) is 19.6 Å². The Bertz CT molecular complexity index is 317. The lowest BCUT2D eigenvalue weighted by Crippen LogP contribution is -2.03. The quantitative estimate of drug-likeness (QED) is 0.373. The molecule has 0 atom stereocenters. The third-order valence-electron chi connectivity index (χ3n) is 2.10. The van der Waals surface area contributed by atoms with Crippen LogP contribution < -0.4 is 0 Å². The van der Waals surface area contributed by atoms with Gasteiger partial charge in [-0.2, -0.15) is 8.42 Å². The summed E-state index contributed by atoms with van der Waals surface area (Å²) in [7, 11) is -4.28. The van der Waals surface area contributed by atoms with Crippen molar-refractivity contribution in [3.8, 4) is 0 Å². The fourth-order valence-electron chi connectivity index (χ4n) is 1.24. The Morgan fingerprint density at radius 3 is 2.29 bits per heavy atom. The molecule has 0 saturated carbocycles. The molecule has 0 unspecified atom stereocenters. The molecule has 0 rings (SSSR count). The molecule has 0 saturated heterocycles. The average molecular weight is 262 g/mol. The molecule has 0 spiro atoms. The zero-order chi connectivity index (χ0) is 13.0. The lowest BCUT2D eigenvalue weighted by molar-refractivity contribution is 0.273. The molecule has 1 N–H and O–H groups in total. The second-order valence-electron chi connectivity index (χ2n) is 3.71. The maximum atomic E-state index is 10.2. The first-order valence-corrected chi connectivity index (χ1v) is 7.34. The second kappa shape index (κ2) is 10.5. The SMILES string of the molecule is CCCCCC=CCC=CCCOS(=O)(=O)O. The molecule has 0 aromatic rings. The highest BCUT2D eigenvalue weighted by molar-refractivity contribution is 7.80. The number of hydrogen-bond acceptors (Lipinski definition) is 3. The fourth-order valence-corrected chi connectivity index (χ4v) is 1.55. The molecule has 0 aliphatic carbocycles. The zero-order valence-corrected chi connectivity index (χ0v) is 11.2. The fraction of sp³-hybridized carbons (Fsp3) is 0.667. The van der Waals surface area contributed by atoms with E-state index in [1.54, 1.807) is 0 Å². The largest absolute Gasteiger partial charge is 0.397 e. The first-order valence-electron chi connectivity index (χ1n) is 5.98. The smallest absolute Gasteiger partial charge is 0.264 e. The summed E-state index contributed by atoms with van der Waals surface area (Å²) in [6, 6.07) is 0. The summed E-state index contributed by atoms with van der Waals surface area (Å²) in [5.41, 5.74) is 0. The van der Waals surface area contributed by atoms with E-state index < -0.39 is 10.4 Å². The Morgan fingerprint density at radius 2 is 1.71 bits per heavy atom. The number of allylic oxidation sites excluding steroid dienone is 3. The van der Waals surface area contributed by atoms with Crippen molar-refractivity contribution in [2.45, 2.75) is 45.4 Å². The third-order valence-corrected chi connectivity index (χ3v) is 2.56. The van der Waals surface area contributed by atoms with E-state index in [4.69, 9.17) is 4.55 Å². The van der Waals surface area contributed by atoms with Gasteiger partial charge >= 0.3 is 10.4 Å². The molecular weight excluding hydrogens is 240 g/mol. The summed E-state index contributed by atoms with van der Waals surface area (Å²) < 4.78 is 32.8. The first-order chi connectivity index (χ1) is 8.06. The van der Waals surface area contributed by atoms with Gasteiger partial charge in [0.1, 0.15) is 0 Å². The Kier molecular flexibility index (Phi) is 10.1. The topological polar surface area (TPSA) is 63.6 Å². The summed E-state index contributed by atoms with van der Waals surface area (Å²) in [6.07, 6.45) is 14.2. The van der Waals surface area contributed by atoms with Crippen molar-refractivity contribution in [3.05, 3.63) is 24.3 Å². The minimum Gasteiger partial charge on any atom is -0.264 e. The summed E-state index contributed by atoms with van der Waals surface area (Å²) >= 11 is 0. The van der Waals surface area contributed by atoms with Gasteiger partial charge in [-0.05, 0) is 25.7 Å². The van der Waals surface area contributed by atoms with E-state index in [-0.39, 0.29) is 6.61 Å². The first kappa shape index (κ1) is 16.4. The van der Waals surface area contributed by atoms with E-state index in [2.05, 4.69) is 23.3 Å². The minimum absolute atomic E-state index is 0.0183. The molecule has 17 heavy (non-hydrogen) atoms. The minimum atomic E-state index is -4.28. The Hall–Kier alpha value is -0.650. The van der Waals surface area contributed by atoms with Crippen LogP contribution in [0.15, 0.2) is 24.3 Å². The van der Waals surface area contributed by atoms with Crippen LogP contribution in [0.1, 0.15) is 45.4 Å². The van der Waals surface area contributed by atoms with E-state index >= 15 is 0 Å². The van der Waals surface area contributed by atoms with Gasteiger partial charge in [0.05, 0.1) is 6.61 Å². The molecule has 0 radical (unpaired) electrons. The molecule has 100 valence electrons. The van der Waals surface area contributed by atoms with Gasteiger partial charge in [-0.1, -0.05) is 44.1 Å². The van der Waals surface area contributed by atoms with Crippen LogP contribution >= 0.6 is 0 Å². The Labute approximate surface area is 104 Å². The highest BCUT2D eigenvalue weighted by Gasteiger charge is 2.00. The van der Waals surface area contributed by atoms with Crippen LogP contribution in [0.25, 0.3) is 0 Å². The Morgan fingerprint density at radius 1 is 1.06 bits per heavy atom. The zero-order valence-electron chi connectivity index (χ0n) is 10.3. The molecule has 4 nitrogen and oxygen atoms in total. The summed E-state index contributed by atoms with van der Waals surface area (Å²) in [6.45, 7) is 2.16. The monoisotopic (exact) mass is 262 g/mol. The van der Waals surface area contributed by atoms with Gasteiger partial charge in [0, 0.05) is 0 Å². The summed E-state index contributed by atoms with van der Waals surface area (Å²) in [5, 5.41) is 0.